The Morgan fingerprint density at radius 3 is 2.33 bits per heavy atom. The molecule has 0 atom stereocenters. The Balaban J connectivity index is 1.91. The Labute approximate surface area is 211 Å². The number of hydrogen-bond acceptors (Lipinski definition) is 4. The van der Waals surface area contributed by atoms with Gasteiger partial charge in [-0.2, -0.15) is 0 Å². The van der Waals surface area contributed by atoms with Gasteiger partial charge in [0.1, 0.15) is 0 Å². The van der Waals surface area contributed by atoms with Crippen LogP contribution >= 0.6 is 0 Å². The van der Waals surface area contributed by atoms with Crippen LogP contribution in [0, 0.1) is 6.92 Å². The molecule has 0 amide bonds. The molecular formula is C29H28N2O4S. The second kappa shape index (κ2) is 10.7. The third kappa shape index (κ3) is 5.26. The number of aryl methyl sites for hydroxylation is 2. The van der Waals surface area contributed by atoms with Crippen molar-refractivity contribution in [3.8, 4) is 0 Å². The van der Waals surface area contributed by atoms with Crippen molar-refractivity contribution in [1.82, 2.24) is 9.29 Å². The molecular weight excluding hydrogens is 472 g/mol. The summed E-state index contributed by atoms with van der Waals surface area (Å²) in [5.41, 5.74) is 4.96. The maximum Gasteiger partial charge on any atom is 0.330 e. The summed E-state index contributed by atoms with van der Waals surface area (Å²) in [5.74, 6) is -0.445. The molecule has 0 radical (unpaired) electrons. The summed E-state index contributed by atoms with van der Waals surface area (Å²) in [6.45, 7) is 3.94. The van der Waals surface area contributed by atoms with Crippen LogP contribution in [0.1, 0.15) is 29.3 Å². The average molecular weight is 501 g/mol. The summed E-state index contributed by atoms with van der Waals surface area (Å²) < 4.78 is 35.9. The number of carbonyl (C=O) groups is 1. The van der Waals surface area contributed by atoms with Crippen LogP contribution < -0.4 is 4.72 Å². The molecule has 0 aliphatic carbocycles. The van der Waals surface area contributed by atoms with E-state index in [0.717, 1.165) is 33.3 Å². The van der Waals surface area contributed by atoms with Gasteiger partial charge in [0.05, 0.1) is 11.5 Å². The molecule has 1 N–H and O–H groups in total. The topological polar surface area (TPSA) is 77.4 Å². The van der Waals surface area contributed by atoms with Crippen molar-refractivity contribution >= 4 is 38.5 Å². The summed E-state index contributed by atoms with van der Waals surface area (Å²) in [4.78, 5) is 12.3. The van der Waals surface area contributed by atoms with E-state index in [9.17, 15) is 13.2 Å². The van der Waals surface area contributed by atoms with Crippen molar-refractivity contribution < 1.29 is 17.9 Å². The van der Waals surface area contributed by atoms with Gasteiger partial charge in [0, 0.05) is 47.1 Å². The molecule has 0 aliphatic heterocycles. The Bertz CT molecular complexity index is 1550. The number of carbonyl (C=O) groups excluding carboxylic acids is 1. The first-order valence-electron chi connectivity index (χ1n) is 11.6. The number of ether oxygens (including phenoxy) is 1. The molecule has 0 spiro atoms. The predicted octanol–water partition coefficient (Wildman–Crippen LogP) is 5.43. The minimum absolute atomic E-state index is 0.178. The van der Waals surface area contributed by atoms with Crippen LogP contribution in [0.2, 0.25) is 0 Å². The quantitative estimate of drug-likeness (QED) is 0.259. The number of rotatable bonds is 8. The molecule has 0 unspecified atom stereocenters. The molecule has 7 heteroatoms. The Morgan fingerprint density at radius 2 is 1.64 bits per heavy atom. The molecule has 0 bridgehead atoms. The average Bonchev–Trinajstić information content (AvgIpc) is 3.15. The molecule has 36 heavy (non-hydrogen) atoms. The van der Waals surface area contributed by atoms with E-state index in [0.29, 0.717) is 5.57 Å². The molecule has 0 aliphatic rings. The highest BCUT2D eigenvalue weighted by Crippen LogP contribution is 2.35. The predicted molar refractivity (Wildman–Crippen MR) is 144 cm³/mol. The van der Waals surface area contributed by atoms with E-state index in [1.54, 1.807) is 37.3 Å². The van der Waals surface area contributed by atoms with E-state index in [-0.39, 0.29) is 11.5 Å². The molecule has 184 valence electrons. The fraction of sp³-hybridized carbons (Fsp3) is 0.138. The zero-order chi connectivity index (χ0) is 25.7. The molecule has 3 aromatic carbocycles. The molecule has 0 saturated heterocycles. The lowest BCUT2D eigenvalue weighted by atomic mass is 9.96. The van der Waals surface area contributed by atoms with Crippen LogP contribution in [-0.4, -0.2) is 25.6 Å². The van der Waals surface area contributed by atoms with Crippen molar-refractivity contribution in [3.05, 3.63) is 114 Å². The number of benzene rings is 3. The molecule has 4 rings (SSSR count). The largest absolute Gasteiger partial charge is 0.463 e. The van der Waals surface area contributed by atoms with Crippen molar-refractivity contribution in [3.63, 3.8) is 0 Å². The highest BCUT2D eigenvalue weighted by Gasteiger charge is 2.20. The van der Waals surface area contributed by atoms with Crippen LogP contribution in [0.15, 0.2) is 96.0 Å². The molecule has 1 heterocycles. The summed E-state index contributed by atoms with van der Waals surface area (Å²) >= 11 is 0. The van der Waals surface area contributed by atoms with Crippen molar-refractivity contribution in [2.24, 2.45) is 7.05 Å². The van der Waals surface area contributed by atoms with Crippen LogP contribution in [0.25, 0.3) is 22.6 Å². The Morgan fingerprint density at radius 1 is 0.972 bits per heavy atom. The van der Waals surface area contributed by atoms with Crippen molar-refractivity contribution in [2.45, 2.75) is 18.7 Å². The molecule has 0 saturated carbocycles. The fourth-order valence-electron chi connectivity index (χ4n) is 4.07. The third-order valence-corrected chi connectivity index (χ3v) is 7.18. The normalized spacial score (nSPS) is 12.2. The monoisotopic (exact) mass is 500 g/mol. The Kier molecular flexibility index (Phi) is 7.41. The van der Waals surface area contributed by atoms with E-state index in [1.165, 1.54) is 12.3 Å². The summed E-state index contributed by atoms with van der Waals surface area (Å²) in [6.07, 6.45) is 4.62. The van der Waals surface area contributed by atoms with Gasteiger partial charge in [-0.3, -0.25) is 4.72 Å². The highest BCUT2D eigenvalue weighted by molar-refractivity contribution is 7.89. The van der Waals surface area contributed by atoms with Gasteiger partial charge in [0.15, 0.2) is 0 Å². The first-order chi connectivity index (χ1) is 17.3. The molecule has 1 aromatic heterocycles. The van der Waals surface area contributed by atoms with Crippen LogP contribution in [-0.2, 0) is 26.6 Å². The number of para-hydroxylation sites is 1. The smallest absolute Gasteiger partial charge is 0.330 e. The van der Waals surface area contributed by atoms with Gasteiger partial charge in [0.2, 0.25) is 0 Å². The van der Waals surface area contributed by atoms with Gasteiger partial charge in [0.25, 0.3) is 10.0 Å². The zero-order valence-electron chi connectivity index (χ0n) is 20.4. The first kappa shape index (κ1) is 25.0. The van der Waals surface area contributed by atoms with Gasteiger partial charge in [-0.15, -0.1) is 0 Å². The SMILES string of the molecule is CCOC(=O)/C=C/c1c(C(=CNS(=O)(=O)c2ccc(C)cc2)c2ccccc2)c2ccccc2n1C. The standard InChI is InChI=1S/C29H28N2O4S/c1-4-35-28(32)19-18-27-29(24-12-8-9-13-26(24)31(27)3)25(22-10-6-5-7-11-22)20-30-36(33,34)23-16-14-21(2)15-17-23/h5-20,30H,4H2,1-3H3/b19-18+,25-20?. The summed E-state index contributed by atoms with van der Waals surface area (Å²) in [7, 11) is -1.89. The van der Waals surface area contributed by atoms with E-state index in [4.69, 9.17) is 4.74 Å². The van der Waals surface area contributed by atoms with Gasteiger partial charge >= 0.3 is 5.97 Å². The Hall–Kier alpha value is -4.10. The number of aromatic nitrogens is 1. The van der Waals surface area contributed by atoms with Gasteiger partial charge in [-0.25, -0.2) is 13.2 Å². The number of hydrogen-bond donors (Lipinski definition) is 1. The van der Waals surface area contributed by atoms with E-state index in [2.05, 4.69) is 4.72 Å². The second-order valence-corrected chi connectivity index (χ2v) is 9.99. The lowest BCUT2D eigenvalue weighted by Crippen LogP contribution is -2.18. The maximum atomic E-state index is 13.1. The number of nitrogens with one attached hydrogen (secondary N) is 1. The number of sulfonamides is 1. The lowest BCUT2D eigenvalue weighted by Gasteiger charge is -2.12. The number of esters is 1. The first-order valence-corrected chi connectivity index (χ1v) is 13.1. The lowest BCUT2D eigenvalue weighted by molar-refractivity contribution is -0.137. The zero-order valence-corrected chi connectivity index (χ0v) is 21.2. The van der Waals surface area contributed by atoms with Crippen LogP contribution in [0.4, 0.5) is 0 Å². The fourth-order valence-corrected chi connectivity index (χ4v) is 4.97. The molecule has 0 fully saturated rings. The second-order valence-electron chi connectivity index (χ2n) is 8.28. The van der Waals surface area contributed by atoms with E-state index < -0.39 is 16.0 Å². The molecule has 6 nitrogen and oxygen atoms in total. The van der Waals surface area contributed by atoms with Gasteiger partial charge < -0.3 is 9.30 Å². The maximum absolute atomic E-state index is 13.1. The number of nitrogens with zero attached hydrogens (tertiary/aromatic N) is 1. The number of fused-ring (bicyclic) bond motifs is 1. The van der Waals surface area contributed by atoms with Crippen LogP contribution in [0.3, 0.4) is 0 Å². The summed E-state index contributed by atoms with van der Waals surface area (Å²) in [5, 5.41) is 0.924. The third-order valence-electron chi connectivity index (χ3n) is 5.86. The van der Waals surface area contributed by atoms with E-state index >= 15 is 0 Å². The van der Waals surface area contributed by atoms with Crippen LogP contribution in [0.5, 0.6) is 0 Å². The minimum atomic E-state index is -3.81. The van der Waals surface area contributed by atoms with Crippen molar-refractivity contribution in [2.75, 3.05) is 6.61 Å². The molecule has 4 aromatic rings. The summed E-state index contributed by atoms with van der Waals surface area (Å²) in [6, 6.07) is 24.1. The highest BCUT2D eigenvalue weighted by atomic mass is 32.2. The minimum Gasteiger partial charge on any atom is -0.463 e. The van der Waals surface area contributed by atoms with Gasteiger partial charge in [-0.05, 0) is 43.7 Å². The van der Waals surface area contributed by atoms with Gasteiger partial charge in [-0.1, -0.05) is 66.2 Å². The van der Waals surface area contributed by atoms with Crippen molar-refractivity contribution in [1.29, 1.82) is 0 Å². The van der Waals surface area contributed by atoms with E-state index in [1.807, 2.05) is 73.1 Å².